The van der Waals surface area contributed by atoms with Gasteiger partial charge in [0.15, 0.2) is 0 Å². The monoisotopic (exact) mass is 360 g/mol. The minimum Gasteiger partial charge on any atom is -0.339 e. The number of carbonyl (C=O) groups is 1. The van der Waals surface area contributed by atoms with Crippen molar-refractivity contribution in [3.05, 3.63) is 46.3 Å². The molecule has 1 fully saturated rings. The summed E-state index contributed by atoms with van der Waals surface area (Å²) in [5.41, 5.74) is 1.08. The van der Waals surface area contributed by atoms with Crippen LogP contribution >= 0.6 is 23.1 Å². The summed E-state index contributed by atoms with van der Waals surface area (Å²) in [4.78, 5) is 27.9. The van der Waals surface area contributed by atoms with Gasteiger partial charge in [0.05, 0.1) is 4.88 Å². The first-order chi connectivity index (χ1) is 11.7. The lowest BCUT2D eigenvalue weighted by Crippen LogP contribution is -2.41. The van der Waals surface area contributed by atoms with Crippen LogP contribution in [0.2, 0.25) is 0 Å². The second-order valence-electron chi connectivity index (χ2n) is 5.56. The molecule has 0 spiro atoms. The van der Waals surface area contributed by atoms with Crippen molar-refractivity contribution in [3.8, 4) is 10.6 Å². The summed E-state index contributed by atoms with van der Waals surface area (Å²) in [6, 6.07) is 5.72. The van der Waals surface area contributed by atoms with E-state index in [1.54, 1.807) is 34.3 Å². The van der Waals surface area contributed by atoms with Gasteiger partial charge < -0.3 is 9.47 Å². The van der Waals surface area contributed by atoms with Crippen LogP contribution in [0.25, 0.3) is 16.1 Å². The number of fused-ring (bicyclic) bond motifs is 1. The zero-order valence-electron chi connectivity index (χ0n) is 12.9. The van der Waals surface area contributed by atoms with Crippen molar-refractivity contribution in [2.45, 2.75) is 6.54 Å². The van der Waals surface area contributed by atoms with Gasteiger partial charge in [-0.05, 0) is 17.5 Å². The predicted molar refractivity (Wildman–Crippen MR) is 96.7 cm³/mol. The molecule has 1 saturated heterocycles. The molecule has 4 heterocycles. The molecule has 1 amide bonds. The highest BCUT2D eigenvalue weighted by molar-refractivity contribution is 7.99. The molecule has 6 nitrogen and oxygen atoms in total. The van der Waals surface area contributed by atoms with E-state index in [2.05, 4.69) is 5.10 Å². The maximum Gasteiger partial charge on any atom is 0.277 e. The largest absolute Gasteiger partial charge is 0.339 e. The van der Waals surface area contributed by atoms with Gasteiger partial charge >= 0.3 is 0 Å². The van der Waals surface area contributed by atoms with Crippen LogP contribution in [0.15, 0.2) is 40.8 Å². The molecule has 3 aromatic rings. The summed E-state index contributed by atoms with van der Waals surface area (Å²) in [7, 11) is 0. The highest BCUT2D eigenvalue weighted by Gasteiger charge is 2.18. The first-order valence-electron chi connectivity index (χ1n) is 7.70. The molecule has 124 valence electrons. The van der Waals surface area contributed by atoms with E-state index in [0.717, 1.165) is 35.2 Å². The summed E-state index contributed by atoms with van der Waals surface area (Å²) in [5, 5.41) is 6.42. The van der Waals surface area contributed by atoms with Gasteiger partial charge in [-0.1, -0.05) is 6.07 Å². The van der Waals surface area contributed by atoms with Crippen LogP contribution in [0.5, 0.6) is 0 Å². The lowest BCUT2D eigenvalue weighted by Gasteiger charge is -2.26. The third-order valence-corrected chi connectivity index (χ3v) is 5.88. The summed E-state index contributed by atoms with van der Waals surface area (Å²) >= 11 is 3.44. The van der Waals surface area contributed by atoms with E-state index in [-0.39, 0.29) is 18.0 Å². The predicted octanol–water partition coefficient (Wildman–Crippen LogP) is 1.80. The van der Waals surface area contributed by atoms with Crippen molar-refractivity contribution in [1.29, 1.82) is 0 Å². The van der Waals surface area contributed by atoms with Crippen molar-refractivity contribution in [1.82, 2.24) is 19.1 Å². The highest BCUT2D eigenvalue weighted by Crippen LogP contribution is 2.23. The Labute approximate surface area is 146 Å². The summed E-state index contributed by atoms with van der Waals surface area (Å²) in [6.07, 6.45) is 3.37. The molecule has 3 aromatic heterocycles. The van der Waals surface area contributed by atoms with Gasteiger partial charge in [0.1, 0.15) is 17.8 Å². The van der Waals surface area contributed by atoms with E-state index in [9.17, 15) is 9.59 Å². The van der Waals surface area contributed by atoms with Crippen molar-refractivity contribution in [3.63, 3.8) is 0 Å². The van der Waals surface area contributed by atoms with Gasteiger partial charge in [-0.2, -0.15) is 16.9 Å². The third-order valence-electron chi connectivity index (χ3n) is 4.05. The molecular weight excluding hydrogens is 344 g/mol. The fraction of sp³-hybridized carbons (Fsp3) is 0.312. The third kappa shape index (κ3) is 2.87. The van der Waals surface area contributed by atoms with Crippen LogP contribution in [0, 0.1) is 0 Å². The molecule has 0 aromatic carbocycles. The Morgan fingerprint density at radius 2 is 2.08 bits per heavy atom. The van der Waals surface area contributed by atoms with Crippen molar-refractivity contribution in [2.75, 3.05) is 24.6 Å². The second-order valence-corrected chi connectivity index (χ2v) is 7.73. The number of thioether (sulfide) groups is 1. The number of aromatic nitrogens is 3. The van der Waals surface area contributed by atoms with Crippen LogP contribution < -0.4 is 5.56 Å². The van der Waals surface area contributed by atoms with Gasteiger partial charge in [0.2, 0.25) is 5.91 Å². The standard InChI is InChI=1S/C16H16N4O2S2/c21-15(18-5-8-23-9-6-18)11-19-3-4-20-13(16(19)22)10-12(17-20)14-2-1-7-24-14/h1-4,7,10H,5-6,8-9,11H2. The Kier molecular flexibility index (Phi) is 4.15. The fourth-order valence-corrected chi connectivity index (χ4v) is 4.34. The first-order valence-corrected chi connectivity index (χ1v) is 9.74. The molecular formula is C16H16N4O2S2. The average molecular weight is 360 g/mol. The van der Waals surface area contributed by atoms with Crippen LogP contribution in [-0.2, 0) is 11.3 Å². The minimum absolute atomic E-state index is 0.000236. The molecule has 0 atom stereocenters. The molecule has 0 aliphatic carbocycles. The molecule has 0 bridgehead atoms. The number of thiophene rings is 1. The smallest absolute Gasteiger partial charge is 0.277 e. The molecule has 8 heteroatoms. The van der Waals surface area contributed by atoms with E-state index in [1.165, 1.54) is 4.57 Å². The Bertz CT molecular complexity index is 923. The Morgan fingerprint density at radius 1 is 1.25 bits per heavy atom. The first kappa shape index (κ1) is 15.5. The van der Waals surface area contributed by atoms with Crippen LogP contribution in [-0.4, -0.2) is 49.6 Å². The molecule has 0 saturated carbocycles. The van der Waals surface area contributed by atoms with Gasteiger partial charge in [-0.3, -0.25) is 9.59 Å². The zero-order valence-corrected chi connectivity index (χ0v) is 14.6. The number of nitrogens with zero attached hydrogens (tertiary/aromatic N) is 4. The average Bonchev–Trinajstić information content (AvgIpc) is 3.27. The molecule has 0 N–H and O–H groups in total. The number of hydrogen-bond acceptors (Lipinski definition) is 5. The van der Waals surface area contributed by atoms with E-state index in [0.29, 0.717) is 5.52 Å². The zero-order chi connectivity index (χ0) is 16.5. The van der Waals surface area contributed by atoms with Crippen molar-refractivity contribution < 1.29 is 4.79 Å². The quantitative estimate of drug-likeness (QED) is 0.715. The molecule has 0 radical (unpaired) electrons. The Morgan fingerprint density at radius 3 is 2.83 bits per heavy atom. The van der Waals surface area contributed by atoms with E-state index in [4.69, 9.17) is 0 Å². The Hall–Kier alpha value is -2.06. The molecule has 1 aliphatic heterocycles. The highest BCUT2D eigenvalue weighted by atomic mass is 32.2. The normalized spacial score (nSPS) is 15.1. The molecule has 1 aliphatic rings. The summed E-state index contributed by atoms with van der Waals surface area (Å²) in [5.74, 6) is 1.93. The van der Waals surface area contributed by atoms with E-state index in [1.807, 2.05) is 34.2 Å². The topological polar surface area (TPSA) is 59.6 Å². The number of amides is 1. The van der Waals surface area contributed by atoms with Gasteiger partial charge in [-0.15, -0.1) is 11.3 Å². The van der Waals surface area contributed by atoms with Crippen molar-refractivity contribution >= 4 is 34.5 Å². The van der Waals surface area contributed by atoms with Crippen LogP contribution in [0.3, 0.4) is 0 Å². The van der Waals surface area contributed by atoms with E-state index >= 15 is 0 Å². The molecule has 24 heavy (non-hydrogen) atoms. The summed E-state index contributed by atoms with van der Waals surface area (Å²) in [6.45, 7) is 1.60. The van der Waals surface area contributed by atoms with E-state index < -0.39 is 0 Å². The van der Waals surface area contributed by atoms with Gasteiger partial charge in [0.25, 0.3) is 5.56 Å². The number of rotatable bonds is 3. The molecule has 0 unspecified atom stereocenters. The number of hydrogen-bond donors (Lipinski definition) is 0. The second kappa shape index (κ2) is 6.45. The maximum atomic E-state index is 12.7. The summed E-state index contributed by atoms with van der Waals surface area (Å²) < 4.78 is 3.05. The van der Waals surface area contributed by atoms with Gasteiger partial charge in [-0.25, -0.2) is 4.52 Å². The SMILES string of the molecule is O=C(Cn1ccn2nc(-c3cccs3)cc2c1=O)N1CCSCC1. The van der Waals surface area contributed by atoms with Crippen LogP contribution in [0.4, 0.5) is 0 Å². The fourth-order valence-electron chi connectivity index (χ4n) is 2.75. The van der Waals surface area contributed by atoms with Crippen LogP contribution in [0.1, 0.15) is 0 Å². The van der Waals surface area contributed by atoms with Gasteiger partial charge in [0, 0.05) is 37.0 Å². The minimum atomic E-state index is -0.187. The lowest BCUT2D eigenvalue weighted by atomic mass is 10.3. The van der Waals surface area contributed by atoms with Crippen molar-refractivity contribution in [2.24, 2.45) is 0 Å². The lowest BCUT2D eigenvalue weighted by molar-refractivity contribution is -0.131. The maximum absolute atomic E-state index is 12.7. The Balaban J connectivity index is 1.63. The molecule has 4 rings (SSSR count). The number of carbonyl (C=O) groups excluding carboxylic acids is 1.